The van der Waals surface area contributed by atoms with Crippen molar-refractivity contribution in [2.24, 2.45) is 5.73 Å². The van der Waals surface area contributed by atoms with Crippen molar-refractivity contribution in [2.45, 2.75) is 12.2 Å². The van der Waals surface area contributed by atoms with Crippen LogP contribution in [0.2, 0.25) is 10.0 Å². The minimum Gasteiger partial charge on any atom is -0.320 e. The van der Waals surface area contributed by atoms with Gasteiger partial charge in [-0.1, -0.05) is 41.4 Å². The first-order chi connectivity index (χ1) is 9.29. The molecule has 0 bridgehead atoms. The van der Waals surface area contributed by atoms with E-state index in [2.05, 4.69) is 0 Å². The Balaban J connectivity index is 2.38. The Morgan fingerprint density at radius 1 is 0.900 bits per heavy atom. The molecule has 1 nitrogen and oxygen atoms in total. The molecule has 0 aliphatic heterocycles. The predicted molar refractivity (Wildman–Crippen MR) is 73.9 cm³/mol. The first-order valence-electron chi connectivity index (χ1n) is 5.66. The zero-order chi connectivity index (χ0) is 14.9. The van der Waals surface area contributed by atoms with Gasteiger partial charge in [-0.2, -0.15) is 13.2 Å². The fourth-order valence-corrected chi connectivity index (χ4v) is 2.11. The number of benzene rings is 2. The van der Waals surface area contributed by atoms with Gasteiger partial charge in [-0.15, -0.1) is 0 Å². The van der Waals surface area contributed by atoms with Gasteiger partial charge in [0.25, 0.3) is 0 Å². The molecule has 20 heavy (non-hydrogen) atoms. The van der Waals surface area contributed by atoms with Crippen molar-refractivity contribution < 1.29 is 13.2 Å². The molecule has 2 N–H and O–H groups in total. The molecule has 106 valence electrons. The van der Waals surface area contributed by atoms with Crippen LogP contribution in [0.25, 0.3) is 0 Å². The van der Waals surface area contributed by atoms with Gasteiger partial charge in [-0.25, -0.2) is 0 Å². The van der Waals surface area contributed by atoms with Crippen LogP contribution >= 0.6 is 23.2 Å². The quantitative estimate of drug-likeness (QED) is 0.822. The standard InChI is InChI=1S/C14H10Cl2F3N/c15-11-5-4-9(7-12(11)16)13(20)8-2-1-3-10(6-8)14(17,18)19/h1-7,13H,20H2. The summed E-state index contributed by atoms with van der Waals surface area (Å²) >= 11 is 11.7. The van der Waals surface area contributed by atoms with E-state index in [0.717, 1.165) is 12.1 Å². The molecule has 0 saturated carbocycles. The Bertz CT molecular complexity index is 626. The molecule has 0 radical (unpaired) electrons. The van der Waals surface area contributed by atoms with Gasteiger partial charge in [0.1, 0.15) is 0 Å². The number of rotatable bonds is 2. The third-order valence-corrected chi connectivity index (χ3v) is 3.61. The van der Waals surface area contributed by atoms with Crippen molar-refractivity contribution in [1.82, 2.24) is 0 Å². The van der Waals surface area contributed by atoms with E-state index in [1.165, 1.54) is 6.07 Å². The van der Waals surface area contributed by atoms with Crippen LogP contribution in [0.5, 0.6) is 0 Å². The number of alkyl halides is 3. The molecule has 0 aliphatic rings. The number of hydrogen-bond acceptors (Lipinski definition) is 1. The van der Waals surface area contributed by atoms with E-state index in [-0.39, 0.29) is 0 Å². The van der Waals surface area contributed by atoms with Crippen molar-refractivity contribution >= 4 is 23.2 Å². The second-order valence-corrected chi connectivity index (χ2v) is 5.09. The maximum atomic E-state index is 12.7. The second-order valence-electron chi connectivity index (χ2n) is 4.27. The Morgan fingerprint density at radius 2 is 1.55 bits per heavy atom. The normalized spacial score (nSPS) is 13.3. The Morgan fingerprint density at radius 3 is 2.15 bits per heavy atom. The average Bonchev–Trinajstić information content (AvgIpc) is 2.40. The highest BCUT2D eigenvalue weighted by atomic mass is 35.5. The molecular formula is C14H10Cl2F3N. The molecule has 0 amide bonds. The van der Waals surface area contributed by atoms with Crippen LogP contribution in [-0.2, 0) is 6.18 Å². The topological polar surface area (TPSA) is 26.0 Å². The van der Waals surface area contributed by atoms with Gasteiger partial charge in [-0.05, 0) is 35.4 Å². The molecule has 0 heterocycles. The molecule has 1 unspecified atom stereocenters. The fourth-order valence-electron chi connectivity index (χ4n) is 1.81. The van der Waals surface area contributed by atoms with Gasteiger partial charge < -0.3 is 5.73 Å². The largest absolute Gasteiger partial charge is 0.416 e. The molecular weight excluding hydrogens is 310 g/mol. The van der Waals surface area contributed by atoms with E-state index in [0.29, 0.717) is 21.2 Å². The van der Waals surface area contributed by atoms with Crippen LogP contribution in [0.1, 0.15) is 22.7 Å². The maximum absolute atomic E-state index is 12.7. The summed E-state index contributed by atoms with van der Waals surface area (Å²) in [4.78, 5) is 0. The summed E-state index contributed by atoms with van der Waals surface area (Å²) in [6.45, 7) is 0. The van der Waals surface area contributed by atoms with E-state index in [1.807, 2.05) is 0 Å². The van der Waals surface area contributed by atoms with Crippen molar-refractivity contribution in [2.75, 3.05) is 0 Å². The summed E-state index contributed by atoms with van der Waals surface area (Å²) in [5, 5.41) is 0.679. The highest BCUT2D eigenvalue weighted by Gasteiger charge is 2.30. The van der Waals surface area contributed by atoms with Gasteiger partial charge in [0.2, 0.25) is 0 Å². The molecule has 0 spiro atoms. The summed E-state index contributed by atoms with van der Waals surface area (Å²) in [5.74, 6) is 0. The average molecular weight is 320 g/mol. The van der Waals surface area contributed by atoms with Crippen LogP contribution in [0.4, 0.5) is 13.2 Å². The van der Waals surface area contributed by atoms with Gasteiger partial charge in [0.05, 0.1) is 21.7 Å². The smallest absolute Gasteiger partial charge is 0.320 e. The maximum Gasteiger partial charge on any atom is 0.416 e. The first-order valence-corrected chi connectivity index (χ1v) is 6.42. The lowest BCUT2D eigenvalue weighted by atomic mass is 9.98. The second kappa shape index (κ2) is 5.64. The summed E-state index contributed by atoms with van der Waals surface area (Å²) in [5.41, 5.74) is 6.20. The molecule has 0 saturated heterocycles. The molecule has 2 aromatic rings. The van der Waals surface area contributed by atoms with Crippen molar-refractivity contribution in [3.05, 3.63) is 69.2 Å². The lowest BCUT2D eigenvalue weighted by molar-refractivity contribution is -0.137. The number of nitrogens with two attached hydrogens (primary N) is 1. The van der Waals surface area contributed by atoms with Crippen LogP contribution in [-0.4, -0.2) is 0 Å². The van der Waals surface area contributed by atoms with Gasteiger partial charge >= 0.3 is 6.18 Å². The van der Waals surface area contributed by atoms with Crippen LogP contribution in [0.3, 0.4) is 0 Å². The minimum absolute atomic E-state index is 0.312. The summed E-state index contributed by atoms with van der Waals surface area (Å²) < 4.78 is 38.0. The highest BCUT2D eigenvalue weighted by Crippen LogP contribution is 2.32. The highest BCUT2D eigenvalue weighted by molar-refractivity contribution is 6.42. The van der Waals surface area contributed by atoms with Crippen molar-refractivity contribution in [3.8, 4) is 0 Å². The van der Waals surface area contributed by atoms with Crippen molar-refractivity contribution in [1.29, 1.82) is 0 Å². The first kappa shape index (κ1) is 15.2. The summed E-state index contributed by atoms with van der Waals surface area (Å²) in [6, 6.07) is 8.96. The fraction of sp³-hybridized carbons (Fsp3) is 0.143. The molecule has 6 heteroatoms. The van der Waals surface area contributed by atoms with Gasteiger partial charge in [0, 0.05) is 0 Å². The predicted octanol–water partition coefficient (Wildman–Crippen LogP) is 5.06. The molecule has 2 aromatic carbocycles. The Hall–Kier alpha value is -1.23. The van der Waals surface area contributed by atoms with Crippen molar-refractivity contribution in [3.63, 3.8) is 0 Å². The molecule has 0 aromatic heterocycles. The van der Waals surface area contributed by atoms with E-state index < -0.39 is 17.8 Å². The molecule has 1 atom stereocenters. The summed E-state index contributed by atoms with van der Waals surface area (Å²) in [7, 11) is 0. The summed E-state index contributed by atoms with van der Waals surface area (Å²) in [6.07, 6.45) is -4.40. The third-order valence-electron chi connectivity index (χ3n) is 2.88. The molecule has 2 rings (SSSR count). The SMILES string of the molecule is NC(c1cccc(C(F)(F)F)c1)c1ccc(Cl)c(Cl)c1. The number of halogens is 5. The third kappa shape index (κ3) is 3.26. The Kier molecular flexibility index (Phi) is 4.28. The zero-order valence-corrected chi connectivity index (χ0v) is 11.6. The monoisotopic (exact) mass is 319 g/mol. The molecule has 0 aliphatic carbocycles. The minimum atomic E-state index is -4.40. The van der Waals surface area contributed by atoms with Crippen LogP contribution < -0.4 is 5.73 Å². The zero-order valence-electron chi connectivity index (χ0n) is 10.1. The Labute approximate surface area is 124 Å². The van der Waals surface area contributed by atoms with Gasteiger partial charge in [-0.3, -0.25) is 0 Å². The molecule has 0 fully saturated rings. The van der Waals surface area contributed by atoms with E-state index >= 15 is 0 Å². The van der Waals surface area contributed by atoms with Crippen LogP contribution in [0.15, 0.2) is 42.5 Å². The lowest BCUT2D eigenvalue weighted by Crippen LogP contribution is -2.13. The van der Waals surface area contributed by atoms with E-state index in [9.17, 15) is 13.2 Å². The lowest BCUT2D eigenvalue weighted by Gasteiger charge is -2.15. The van der Waals surface area contributed by atoms with E-state index in [4.69, 9.17) is 28.9 Å². The van der Waals surface area contributed by atoms with Gasteiger partial charge in [0.15, 0.2) is 0 Å². The number of hydrogen-bond donors (Lipinski definition) is 1. The van der Waals surface area contributed by atoms with Crippen LogP contribution in [0, 0.1) is 0 Å². The van der Waals surface area contributed by atoms with E-state index in [1.54, 1.807) is 24.3 Å².